The van der Waals surface area contributed by atoms with E-state index in [9.17, 15) is 4.79 Å². The maximum Gasteiger partial charge on any atom is 0.226 e. The number of nitrogens with zero attached hydrogens (tertiary/aromatic N) is 1. The molecule has 39 heavy (non-hydrogen) atoms. The van der Waals surface area contributed by atoms with Gasteiger partial charge in [-0.25, -0.2) is 0 Å². The molecule has 5 aromatic carbocycles. The largest absolute Gasteiger partial charge is 0.312 e. The summed E-state index contributed by atoms with van der Waals surface area (Å²) in [5.41, 5.74) is 5.67. The zero-order valence-electron chi connectivity index (χ0n) is 21.3. The Bertz CT molecular complexity index is 1930. The Morgan fingerprint density at radius 2 is 1.05 bits per heavy atom. The fourth-order valence-electron chi connectivity index (χ4n) is 5.99. The molecule has 188 valence electrons. The number of rotatable bonds is 3. The van der Waals surface area contributed by atoms with Crippen molar-refractivity contribution in [2.75, 3.05) is 11.4 Å². The first-order valence-corrected chi connectivity index (χ1v) is 15.1. The number of carbonyl (C=O) groups excluding carboxylic acids is 1. The molecule has 2 aromatic heterocycles. The minimum absolute atomic E-state index is 0.226. The van der Waals surface area contributed by atoms with Crippen molar-refractivity contribution in [2.24, 2.45) is 0 Å². The van der Waals surface area contributed by atoms with Crippen LogP contribution in [0.5, 0.6) is 0 Å². The molecule has 2 nitrogen and oxygen atoms in total. The number of carbonyl (C=O) groups is 1. The van der Waals surface area contributed by atoms with E-state index < -0.39 is 0 Å². The van der Waals surface area contributed by atoms with E-state index in [1.165, 1.54) is 51.5 Å². The van der Waals surface area contributed by atoms with E-state index in [0.29, 0.717) is 6.42 Å². The fraction of sp³-hybridized carbons (Fsp3) is 0.114. The summed E-state index contributed by atoms with van der Waals surface area (Å²) in [5.74, 6) is 0.226. The Hall–Kier alpha value is -3.99. The molecule has 1 aliphatic heterocycles. The minimum Gasteiger partial charge on any atom is -0.312 e. The molecular weight excluding hydrogens is 515 g/mol. The standard InChI is InChI=1S/C35H25NOS2/c37-35-11-5-6-16-36(35)26-18-24(22-12-14-29-27-7-1-3-9-31(27)38-33(29)20-22)17-25(19-26)23-13-15-30-28-8-2-4-10-32(28)39-34(30)21-23/h1-4,7-10,12-15,17-21H,5-6,11,16H2. The van der Waals surface area contributed by atoms with E-state index in [2.05, 4.69) is 103 Å². The highest BCUT2D eigenvalue weighted by molar-refractivity contribution is 7.26. The van der Waals surface area contributed by atoms with Gasteiger partial charge in [0, 0.05) is 59.0 Å². The molecule has 0 N–H and O–H groups in total. The van der Waals surface area contributed by atoms with Gasteiger partial charge in [-0.3, -0.25) is 4.79 Å². The summed E-state index contributed by atoms with van der Waals surface area (Å²) in [6, 6.07) is 37.6. The molecule has 1 amide bonds. The van der Waals surface area contributed by atoms with E-state index in [1.807, 2.05) is 27.6 Å². The molecule has 8 rings (SSSR count). The lowest BCUT2D eigenvalue weighted by Crippen LogP contribution is -2.35. The van der Waals surface area contributed by atoms with Gasteiger partial charge in [-0.2, -0.15) is 0 Å². The van der Waals surface area contributed by atoms with Crippen LogP contribution in [0.25, 0.3) is 62.6 Å². The Morgan fingerprint density at radius 3 is 1.62 bits per heavy atom. The predicted molar refractivity (Wildman–Crippen MR) is 169 cm³/mol. The lowest BCUT2D eigenvalue weighted by atomic mass is 9.96. The number of hydrogen-bond donors (Lipinski definition) is 0. The smallest absolute Gasteiger partial charge is 0.226 e. The van der Waals surface area contributed by atoms with Crippen LogP contribution in [0, 0.1) is 0 Å². The third kappa shape index (κ3) is 3.86. The molecule has 1 aliphatic rings. The van der Waals surface area contributed by atoms with Gasteiger partial charge < -0.3 is 4.90 Å². The molecule has 0 radical (unpaired) electrons. The van der Waals surface area contributed by atoms with Crippen LogP contribution in [0.15, 0.2) is 103 Å². The SMILES string of the molecule is O=C1CCCCN1c1cc(-c2ccc3c(c2)sc2ccccc23)cc(-c2ccc3c(c2)sc2ccccc23)c1. The summed E-state index contributed by atoms with van der Waals surface area (Å²) < 4.78 is 5.21. The van der Waals surface area contributed by atoms with Gasteiger partial charge in [0.2, 0.25) is 5.91 Å². The Kier molecular flexibility index (Phi) is 5.32. The highest BCUT2D eigenvalue weighted by Gasteiger charge is 2.21. The summed E-state index contributed by atoms with van der Waals surface area (Å²) in [5, 5.41) is 5.23. The van der Waals surface area contributed by atoms with E-state index in [0.717, 1.165) is 36.2 Å². The van der Waals surface area contributed by atoms with Crippen LogP contribution in [0.1, 0.15) is 19.3 Å². The number of fused-ring (bicyclic) bond motifs is 6. The van der Waals surface area contributed by atoms with Crippen molar-refractivity contribution in [2.45, 2.75) is 19.3 Å². The third-order valence-corrected chi connectivity index (χ3v) is 10.2. The van der Waals surface area contributed by atoms with Crippen molar-refractivity contribution in [3.05, 3.63) is 103 Å². The number of piperidine rings is 1. The molecule has 4 heteroatoms. The number of hydrogen-bond acceptors (Lipinski definition) is 3. The number of amides is 1. The lowest BCUT2D eigenvalue weighted by Gasteiger charge is -2.28. The molecule has 0 spiro atoms. The molecule has 1 fully saturated rings. The fourth-order valence-corrected chi connectivity index (χ4v) is 8.28. The van der Waals surface area contributed by atoms with E-state index in [1.54, 1.807) is 0 Å². The van der Waals surface area contributed by atoms with Crippen LogP contribution in [0.2, 0.25) is 0 Å². The number of benzene rings is 5. The van der Waals surface area contributed by atoms with Gasteiger partial charge in [0.05, 0.1) is 0 Å². The molecule has 0 atom stereocenters. The average Bonchev–Trinajstić information content (AvgIpc) is 3.54. The van der Waals surface area contributed by atoms with Crippen LogP contribution >= 0.6 is 22.7 Å². The van der Waals surface area contributed by atoms with Gasteiger partial charge in [0.15, 0.2) is 0 Å². The van der Waals surface area contributed by atoms with Crippen molar-refractivity contribution in [1.29, 1.82) is 0 Å². The maximum absolute atomic E-state index is 13.0. The van der Waals surface area contributed by atoms with Crippen LogP contribution in [0.4, 0.5) is 5.69 Å². The van der Waals surface area contributed by atoms with Crippen molar-refractivity contribution < 1.29 is 4.79 Å². The molecule has 0 saturated carbocycles. The highest BCUT2D eigenvalue weighted by atomic mass is 32.1. The number of anilines is 1. The van der Waals surface area contributed by atoms with E-state index in [-0.39, 0.29) is 5.91 Å². The molecule has 3 heterocycles. The summed E-state index contributed by atoms with van der Waals surface area (Å²) in [6.07, 6.45) is 2.65. The Labute approximate surface area is 234 Å². The molecule has 0 aliphatic carbocycles. The molecule has 7 aromatic rings. The normalized spacial score (nSPS) is 14.3. The highest BCUT2D eigenvalue weighted by Crippen LogP contribution is 2.40. The zero-order chi connectivity index (χ0) is 25.9. The van der Waals surface area contributed by atoms with Crippen LogP contribution < -0.4 is 4.90 Å². The van der Waals surface area contributed by atoms with Gasteiger partial charge in [0.25, 0.3) is 0 Å². The molecular formula is C35H25NOS2. The topological polar surface area (TPSA) is 20.3 Å². The summed E-state index contributed by atoms with van der Waals surface area (Å²) in [4.78, 5) is 15.0. The lowest BCUT2D eigenvalue weighted by molar-refractivity contribution is -0.119. The first-order chi connectivity index (χ1) is 19.2. The minimum atomic E-state index is 0.226. The second kappa shape index (κ2) is 9.04. The Morgan fingerprint density at radius 1 is 0.513 bits per heavy atom. The second-order valence-electron chi connectivity index (χ2n) is 10.4. The first kappa shape index (κ1) is 22.9. The van der Waals surface area contributed by atoms with Gasteiger partial charge in [0.1, 0.15) is 0 Å². The quantitative estimate of drug-likeness (QED) is 0.219. The summed E-state index contributed by atoms with van der Waals surface area (Å²) in [6.45, 7) is 0.784. The van der Waals surface area contributed by atoms with Crippen molar-refractivity contribution in [1.82, 2.24) is 0 Å². The maximum atomic E-state index is 13.0. The third-order valence-electron chi connectivity index (χ3n) is 7.98. The van der Waals surface area contributed by atoms with E-state index >= 15 is 0 Å². The van der Waals surface area contributed by atoms with Crippen LogP contribution in [-0.4, -0.2) is 12.5 Å². The van der Waals surface area contributed by atoms with Gasteiger partial charge in [-0.05, 0) is 77.6 Å². The molecule has 1 saturated heterocycles. The first-order valence-electron chi connectivity index (χ1n) is 13.5. The zero-order valence-corrected chi connectivity index (χ0v) is 22.9. The summed E-state index contributed by atoms with van der Waals surface area (Å²) in [7, 11) is 0. The molecule has 0 bridgehead atoms. The van der Waals surface area contributed by atoms with Gasteiger partial charge in [-0.1, -0.05) is 60.7 Å². The second-order valence-corrected chi connectivity index (χ2v) is 12.6. The van der Waals surface area contributed by atoms with Gasteiger partial charge >= 0.3 is 0 Å². The van der Waals surface area contributed by atoms with Crippen LogP contribution in [0.3, 0.4) is 0 Å². The Balaban J connectivity index is 1.31. The van der Waals surface area contributed by atoms with Crippen molar-refractivity contribution >= 4 is 74.6 Å². The predicted octanol–water partition coefficient (Wildman–Crippen LogP) is 10.3. The monoisotopic (exact) mass is 539 g/mol. The number of thiophene rings is 2. The molecule has 0 unspecified atom stereocenters. The van der Waals surface area contributed by atoms with Gasteiger partial charge in [-0.15, -0.1) is 22.7 Å². The average molecular weight is 540 g/mol. The van der Waals surface area contributed by atoms with E-state index in [4.69, 9.17) is 0 Å². The van der Waals surface area contributed by atoms with Crippen LogP contribution in [-0.2, 0) is 4.79 Å². The summed E-state index contributed by atoms with van der Waals surface area (Å²) >= 11 is 3.69. The van der Waals surface area contributed by atoms with Crippen molar-refractivity contribution in [3.63, 3.8) is 0 Å². The van der Waals surface area contributed by atoms with Crippen molar-refractivity contribution in [3.8, 4) is 22.3 Å².